The number of nitrogens with one attached hydrogen (secondary N) is 2. The van der Waals surface area contributed by atoms with Crippen molar-refractivity contribution in [3.8, 4) is 0 Å². The molecule has 4 rings (SSSR count). The van der Waals surface area contributed by atoms with Crippen LogP contribution in [0.5, 0.6) is 0 Å². The molecule has 30 heavy (non-hydrogen) atoms. The summed E-state index contributed by atoms with van der Waals surface area (Å²) < 4.78 is 0. The molecule has 0 spiro atoms. The van der Waals surface area contributed by atoms with Crippen LogP contribution in [0.15, 0.2) is 35.3 Å². The van der Waals surface area contributed by atoms with Gasteiger partial charge in [0.25, 0.3) is 0 Å². The molecule has 2 heterocycles. The van der Waals surface area contributed by atoms with Crippen LogP contribution in [-0.4, -0.2) is 66.6 Å². The lowest BCUT2D eigenvalue weighted by atomic mass is 10.0. The molecule has 166 valence electrons. The van der Waals surface area contributed by atoms with Crippen molar-refractivity contribution >= 4 is 5.96 Å². The third-order valence-electron chi connectivity index (χ3n) is 7.24. The number of likely N-dealkylation sites (tertiary alicyclic amines) is 2. The van der Waals surface area contributed by atoms with Gasteiger partial charge in [-0.25, -0.2) is 0 Å². The average molecular weight is 412 g/mol. The maximum absolute atomic E-state index is 5.02. The number of benzene rings is 1. The first-order valence-electron chi connectivity index (χ1n) is 12.4. The van der Waals surface area contributed by atoms with Crippen LogP contribution in [0.1, 0.15) is 63.9 Å². The Hall–Kier alpha value is -1.59. The van der Waals surface area contributed by atoms with Crippen LogP contribution in [0, 0.1) is 0 Å². The van der Waals surface area contributed by atoms with Crippen molar-refractivity contribution in [1.82, 2.24) is 20.4 Å². The number of guanidine groups is 1. The number of nitrogens with zero attached hydrogens (tertiary/aromatic N) is 3. The first-order chi connectivity index (χ1) is 14.8. The van der Waals surface area contributed by atoms with Gasteiger partial charge in [0.1, 0.15) is 0 Å². The zero-order valence-electron chi connectivity index (χ0n) is 18.9. The lowest BCUT2D eigenvalue weighted by Crippen LogP contribution is -2.50. The summed E-state index contributed by atoms with van der Waals surface area (Å²) in [6, 6.07) is 12.8. The molecule has 2 N–H and O–H groups in total. The fraction of sp³-hybridized carbons (Fsp3) is 0.720. The van der Waals surface area contributed by atoms with Gasteiger partial charge >= 0.3 is 0 Å². The third kappa shape index (κ3) is 5.98. The van der Waals surface area contributed by atoms with E-state index in [-0.39, 0.29) is 0 Å². The Balaban J connectivity index is 1.27. The summed E-state index contributed by atoms with van der Waals surface area (Å²) in [7, 11) is 0. The minimum absolute atomic E-state index is 0.560. The molecule has 5 heteroatoms. The Morgan fingerprint density at radius 1 is 0.967 bits per heavy atom. The summed E-state index contributed by atoms with van der Waals surface area (Å²) in [5.41, 5.74) is 1.41. The van der Waals surface area contributed by atoms with E-state index in [2.05, 4.69) is 57.7 Å². The molecule has 3 fully saturated rings. The first kappa shape index (κ1) is 21.6. The highest BCUT2D eigenvalue weighted by atomic mass is 15.2. The van der Waals surface area contributed by atoms with Crippen LogP contribution in [0.4, 0.5) is 0 Å². The van der Waals surface area contributed by atoms with Crippen molar-refractivity contribution in [3.63, 3.8) is 0 Å². The van der Waals surface area contributed by atoms with Crippen molar-refractivity contribution in [1.29, 1.82) is 0 Å². The lowest BCUT2D eigenvalue weighted by molar-refractivity contribution is 0.150. The Kier molecular flexibility index (Phi) is 8.04. The molecule has 0 amide bonds. The van der Waals surface area contributed by atoms with Crippen molar-refractivity contribution in [2.75, 3.05) is 32.7 Å². The highest BCUT2D eigenvalue weighted by Gasteiger charge is 2.28. The fourth-order valence-corrected chi connectivity index (χ4v) is 5.52. The summed E-state index contributed by atoms with van der Waals surface area (Å²) in [6.07, 6.45) is 10.7. The predicted molar refractivity (Wildman–Crippen MR) is 126 cm³/mol. The Morgan fingerprint density at radius 3 is 2.47 bits per heavy atom. The van der Waals surface area contributed by atoms with Gasteiger partial charge in [-0.15, -0.1) is 0 Å². The van der Waals surface area contributed by atoms with Crippen molar-refractivity contribution < 1.29 is 0 Å². The summed E-state index contributed by atoms with van der Waals surface area (Å²) in [4.78, 5) is 10.4. The molecule has 0 radical (unpaired) electrons. The van der Waals surface area contributed by atoms with Crippen LogP contribution in [0.2, 0.25) is 0 Å². The standard InChI is InChI=1S/C25H41N5/c1-2-26-25(28-22-14-17-29(18-15-22)23-11-6-7-12-23)27-19-24-13-8-16-30(24)20-21-9-4-3-5-10-21/h3-5,9-10,22-24H,2,6-8,11-20H2,1H3,(H2,26,27,28). The number of aliphatic imine (C=N–C) groups is 1. The van der Waals surface area contributed by atoms with Crippen LogP contribution >= 0.6 is 0 Å². The lowest BCUT2D eigenvalue weighted by Gasteiger charge is -2.36. The molecule has 1 aromatic rings. The Bertz CT molecular complexity index is 647. The molecule has 1 aliphatic carbocycles. The van der Waals surface area contributed by atoms with E-state index in [1.165, 1.54) is 76.6 Å². The third-order valence-corrected chi connectivity index (χ3v) is 7.24. The molecular formula is C25H41N5. The summed E-state index contributed by atoms with van der Waals surface area (Å²) in [5, 5.41) is 7.24. The van der Waals surface area contributed by atoms with E-state index >= 15 is 0 Å². The largest absolute Gasteiger partial charge is 0.357 e. The monoisotopic (exact) mass is 411 g/mol. The summed E-state index contributed by atoms with van der Waals surface area (Å²) >= 11 is 0. The van der Waals surface area contributed by atoms with Crippen molar-refractivity contribution in [3.05, 3.63) is 35.9 Å². The van der Waals surface area contributed by atoms with Gasteiger partial charge in [-0.3, -0.25) is 9.89 Å². The second kappa shape index (κ2) is 11.1. The van der Waals surface area contributed by atoms with Gasteiger partial charge in [-0.1, -0.05) is 43.2 Å². The molecule has 1 unspecified atom stereocenters. The van der Waals surface area contributed by atoms with Gasteiger partial charge in [0.2, 0.25) is 0 Å². The van der Waals surface area contributed by atoms with E-state index in [4.69, 9.17) is 4.99 Å². The summed E-state index contributed by atoms with van der Waals surface area (Å²) in [6.45, 7) is 8.71. The molecule has 5 nitrogen and oxygen atoms in total. The predicted octanol–water partition coefficient (Wildman–Crippen LogP) is 3.61. The number of hydrogen-bond donors (Lipinski definition) is 2. The van der Waals surface area contributed by atoms with Crippen LogP contribution in [0.3, 0.4) is 0 Å². The van der Waals surface area contributed by atoms with Gasteiger partial charge in [0.15, 0.2) is 5.96 Å². The van der Waals surface area contributed by atoms with E-state index in [0.717, 1.165) is 31.6 Å². The minimum Gasteiger partial charge on any atom is -0.357 e. The van der Waals surface area contributed by atoms with Crippen LogP contribution in [0.25, 0.3) is 0 Å². The Labute approximate surface area is 183 Å². The maximum Gasteiger partial charge on any atom is 0.191 e. The first-order valence-corrected chi connectivity index (χ1v) is 12.4. The molecule has 1 atom stereocenters. The van der Waals surface area contributed by atoms with Crippen LogP contribution < -0.4 is 10.6 Å². The Morgan fingerprint density at radius 2 is 1.73 bits per heavy atom. The maximum atomic E-state index is 5.02. The van der Waals surface area contributed by atoms with Crippen molar-refractivity contribution in [2.45, 2.75) is 83.0 Å². The van der Waals surface area contributed by atoms with Crippen LogP contribution in [-0.2, 0) is 6.54 Å². The second-order valence-electron chi connectivity index (χ2n) is 9.36. The summed E-state index contributed by atoms with van der Waals surface area (Å²) in [5.74, 6) is 1.02. The zero-order chi connectivity index (χ0) is 20.6. The van der Waals surface area contributed by atoms with E-state index in [1.807, 2.05) is 0 Å². The molecule has 0 bridgehead atoms. The molecule has 2 saturated heterocycles. The van der Waals surface area contributed by atoms with E-state index in [0.29, 0.717) is 12.1 Å². The normalized spacial score (nSPS) is 25.1. The smallest absolute Gasteiger partial charge is 0.191 e. The van der Waals surface area contributed by atoms with E-state index < -0.39 is 0 Å². The number of hydrogen-bond acceptors (Lipinski definition) is 3. The number of rotatable bonds is 7. The quantitative estimate of drug-likeness (QED) is 0.531. The molecule has 1 aromatic carbocycles. The van der Waals surface area contributed by atoms with Gasteiger partial charge in [0, 0.05) is 44.3 Å². The highest BCUT2D eigenvalue weighted by molar-refractivity contribution is 5.80. The zero-order valence-corrected chi connectivity index (χ0v) is 18.9. The number of piperidine rings is 1. The van der Waals surface area contributed by atoms with E-state index in [9.17, 15) is 0 Å². The SMILES string of the molecule is CCNC(=NCC1CCCN1Cc1ccccc1)NC1CCN(C2CCCC2)CC1. The molecule has 2 aliphatic heterocycles. The molecule has 0 aromatic heterocycles. The van der Waals surface area contributed by atoms with Crippen molar-refractivity contribution in [2.24, 2.45) is 4.99 Å². The molecule has 3 aliphatic rings. The van der Waals surface area contributed by atoms with Gasteiger partial charge in [-0.05, 0) is 57.6 Å². The topological polar surface area (TPSA) is 42.9 Å². The van der Waals surface area contributed by atoms with Gasteiger partial charge < -0.3 is 15.5 Å². The van der Waals surface area contributed by atoms with Gasteiger partial charge in [0.05, 0.1) is 6.54 Å². The second-order valence-corrected chi connectivity index (χ2v) is 9.36. The van der Waals surface area contributed by atoms with E-state index in [1.54, 1.807) is 0 Å². The molecule has 1 saturated carbocycles. The van der Waals surface area contributed by atoms with Gasteiger partial charge in [-0.2, -0.15) is 0 Å². The highest BCUT2D eigenvalue weighted by Crippen LogP contribution is 2.26. The fourth-order valence-electron chi connectivity index (χ4n) is 5.52. The average Bonchev–Trinajstić information content (AvgIpc) is 3.46. The molecular weight excluding hydrogens is 370 g/mol. The minimum atomic E-state index is 0.560.